The van der Waals surface area contributed by atoms with E-state index in [1.165, 1.54) is 47.0 Å². The van der Waals surface area contributed by atoms with Crippen LogP contribution in [0.3, 0.4) is 0 Å². The molecule has 0 aliphatic carbocycles. The Morgan fingerprint density at radius 2 is 1.59 bits per heavy atom. The third kappa shape index (κ3) is 12.5. The number of ether oxygens (including phenoxy) is 2. The van der Waals surface area contributed by atoms with Crippen molar-refractivity contribution in [2.24, 2.45) is 10.1 Å². The number of aliphatic carboxylic acids is 1. The van der Waals surface area contributed by atoms with Crippen molar-refractivity contribution < 1.29 is 50.5 Å². The number of carboxylic acid groups (broad SMARTS) is 1. The molecule has 4 aromatic rings. The number of benzene rings is 3. The number of thioether (sulfide) groups is 1. The minimum Gasteiger partial charge on any atom is -0.497 e. The molecule has 0 spiro atoms. The Bertz CT molecular complexity index is 1920. The number of piperazine rings is 1. The number of hydrogen-bond donors (Lipinski definition) is 3. The number of rotatable bonds is 9. The van der Waals surface area contributed by atoms with Crippen LogP contribution in [-0.4, -0.2) is 99.6 Å². The van der Waals surface area contributed by atoms with Crippen LogP contribution in [0.2, 0.25) is 0 Å². The highest BCUT2D eigenvalue weighted by Gasteiger charge is 2.38. The van der Waals surface area contributed by atoms with Gasteiger partial charge in [0.15, 0.2) is 11.0 Å². The smallest absolute Gasteiger partial charge is 0.497 e. The quantitative estimate of drug-likeness (QED) is 0.0814. The molecule has 0 saturated carbocycles. The largest absolute Gasteiger partial charge is 0.573 e. The molecule has 1 aromatic heterocycles. The van der Waals surface area contributed by atoms with Crippen molar-refractivity contribution in [3.8, 4) is 28.6 Å². The first-order valence-electron chi connectivity index (χ1n) is 15.8. The Morgan fingerprint density at radius 1 is 0.981 bits per heavy atom. The van der Waals surface area contributed by atoms with Crippen LogP contribution in [0.1, 0.15) is 16.7 Å². The van der Waals surface area contributed by atoms with Gasteiger partial charge < -0.3 is 24.8 Å². The van der Waals surface area contributed by atoms with Crippen molar-refractivity contribution in [1.82, 2.24) is 30.4 Å². The number of aliphatic imine (C=N–C) groups is 1. The third-order valence-electron chi connectivity index (χ3n) is 7.33. The van der Waals surface area contributed by atoms with Gasteiger partial charge in [-0.2, -0.15) is 18.3 Å². The number of carbonyl (C=O) groups excluding carboxylic acids is 1. The van der Waals surface area contributed by atoms with E-state index in [9.17, 15) is 31.1 Å². The molecule has 13 nitrogen and oxygen atoms in total. The molecular formula is C34H34F6N8O5S. The summed E-state index contributed by atoms with van der Waals surface area (Å²) in [4.78, 5) is 32.7. The molecule has 0 radical (unpaired) electrons. The van der Waals surface area contributed by atoms with Crippen molar-refractivity contribution in [3.63, 3.8) is 0 Å². The lowest BCUT2D eigenvalue weighted by Gasteiger charge is -2.27. The summed E-state index contributed by atoms with van der Waals surface area (Å²) in [5, 5.41) is 19.7. The van der Waals surface area contributed by atoms with Gasteiger partial charge in [-0.05, 0) is 66.9 Å². The van der Waals surface area contributed by atoms with Gasteiger partial charge in [-0.3, -0.25) is 10.2 Å². The fraction of sp³-hybridized carbons (Fsp3) is 0.294. The van der Waals surface area contributed by atoms with Gasteiger partial charge in [-0.1, -0.05) is 36.0 Å². The summed E-state index contributed by atoms with van der Waals surface area (Å²) in [6.07, 6.45) is -6.72. The molecule has 288 valence electrons. The zero-order valence-electron chi connectivity index (χ0n) is 28.9. The molecule has 3 aromatic carbocycles. The van der Waals surface area contributed by atoms with E-state index in [1.807, 2.05) is 55.1 Å². The van der Waals surface area contributed by atoms with E-state index in [-0.39, 0.29) is 17.4 Å². The average molecular weight is 781 g/mol. The van der Waals surface area contributed by atoms with Crippen LogP contribution < -0.4 is 20.2 Å². The van der Waals surface area contributed by atoms with Crippen molar-refractivity contribution in [2.75, 3.05) is 39.0 Å². The standard InChI is InChI=1S/C32H33F3N8O3S.C2HF3O2/c1-21-16-27(45-3)17-22(2)29(21)39-31(47-19-28(44)42-14-12-36-13-15-42)40-38-18-23-4-6-24(7-5-23)30-37-20-43(41-30)25-8-10-26(11-9-25)46-32(33,34)35;3-2(4,5)1(6)7/h4-11,16-18,20,36H,12-15,19H2,1-3H3,(H,39,40);(H,6,7)/b38-18+;. The van der Waals surface area contributed by atoms with E-state index in [0.29, 0.717) is 29.8 Å². The second kappa shape index (κ2) is 18.4. The number of nitrogens with one attached hydrogen (secondary N) is 2. The number of carboxylic acids is 1. The van der Waals surface area contributed by atoms with Gasteiger partial charge in [0, 0.05) is 31.7 Å². The molecule has 20 heteroatoms. The normalized spacial score (nSPS) is 13.6. The number of hydrogen-bond acceptors (Lipinski definition) is 10. The second-order valence-electron chi connectivity index (χ2n) is 11.3. The summed E-state index contributed by atoms with van der Waals surface area (Å²) in [7, 11) is 1.62. The molecular weight excluding hydrogens is 746 g/mol. The molecule has 1 aliphatic heterocycles. The monoisotopic (exact) mass is 780 g/mol. The molecule has 0 atom stereocenters. The van der Waals surface area contributed by atoms with E-state index in [2.05, 4.69) is 30.7 Å². The van der Waals surface area contributed by atoms with E-state index < -0.39 is 18.5 Å². The first kappa shape index (κ1) is 41.1. The lowest BCUT2D eigenvalue weighted by Crippen LogP contribution is -2.47. The van der Waals surface area contributed by atoms with Gasteiger partial charge in [0.05, 0.1) is 30.5 Å². The lowest BCUT2D eigenvalue weighted by atomic mass is 10.1. The molecule has 54 heavy (non-hydrogen) atoms. The van der Waals surface area contributed by atoms with Gasteiger partial charge >= 0.3 is 18.5 Å². The summed E-state index contributed by atoms with van der Waals surface area (Å²) >= 11 is 1.29. The van der Waals surface area contributed by atoms with Gasteiger partial charge in [0.1, 0.15) is 17.8 Å². The predicted molar refractivity (Wildman–Crippen MR) is 189 cm³/mol. The Kier molecular flexibility index (Phi) is 14.0. The van der Waals surface area contributed by atoms with Crippen molar-refractivity contribution in [3.05, 3.63) is 83.7 Å². The zero-order valence-corrected chi connectivity index (χ0v) is 29.7. The topological polar surface area (TPSA) is 156 Å². The van der Waals surface area contributed by atoms with E-state index in [4.69, 9.17) is 19.6 Å². The predicted octanol–water partition coefficient (Wildman–Crippen LogP) is 5.87. The number of nitrogens with zero attached hydrogens (tertiary/aromatic N) is 6. The van der Waals surface area contributed by atoms with Crippen LogP contribution in [0.25, 0.3) is 17.1 Å². The summed E-state index contributed by atoms with van der Waals surface area (Å²) < 4.78 is 79.8. The highest BCUT2D eigenvalue weighted by atomic mass is 32.2. The van der Waals surface area contributed by atoms with Crippen LogP contribution in [0, 0.1) is 13.8 Å². The Hall–Kier alpha value is -5.63. The number of carbonyl (C=O) groups is 2. The summed E-state index contributed by atoms with van der Waals surface area (Å²) in [6, 6.07) is 16.5. The fourth-order valence-electron chi connectivity index (χ4n) is 4.74. The number of amides is 1. The molecule has 5 rings (SSSR count). The highest BCUT2D eigenvalue weighted by molar-refractivity contribution is 8.14. The van der Waals surface area contributed by atoms with Crippen molar-refractivity contribution in [2.45, 2.75) is 26.4 Å². The van der Waals surface area contributed by atoms with Crippen LogP contribution in [0.5, 0.6) is 11.5 Å². The fourth-order valence-corrected chi connectivity index (χ4v) is 5.45. The van der Waals surface area contributed by atoms with Crippen LogP contribution >= 0.6 is 11.8 Å². The number of hydrazone groups is 1. The third-order valence-corrected chi connectivity index (χ3v) is 8.17. The van der Waals surface area contributed by atoms with Gasteiger partial charge in [-0.25, -0.2) is 19.5 Å². The molecule has 1 amide bonds. The molecule has 1 saturated heterocycles. The van der Waals surface area contributed by atoms with Crippen LogP contribution in [-0.2, 0) is 9.59 Å². The Balaban J connectivity index is 0.000000845. The van der Waals surface area contributed by atoms with Gasteiger partial charge in [0.2, 0.25) is 5.91 Å². The van der Waals surface area contributed by atoms with Gasteiger partial charge in [0.25, 0.3) is 0 Å². The lowest BCUT2D eigenvalue weighted by molar-refractivity contribution is -0.274. The first-order chi connectivity index (χ1) is 25.5. The van der Waals surface area contributed by atoms with Gasteiger partial charge in [-0.15, -0.1) is 18.3 Å². The minimum absolute atomic E-state index is 0.0391. The molecule has 3 N–H and O–H groups in total. The van der Waals surface area contributed by atoms with E-state index >= 15 is 0 Å². The van der Waals surface area contributed by atoms with Crippen molar-refractivity contribution in [1.29, 1.82) is 0 Å². The SMILES string of the molecule is COc1cc(C)c(N=C(N/N=C/c2ccc(-c3ncn(-c4ccc(OC(F)(F)F)cc4)n3)cc2)SCC(=O)N2CCNCC2)c(C)c1.O=C(O)C(F)(F)F. The van der Waals surface area contributed by atoms with Crippen molar-refractivity contribution >= 4 is 40.7 Å². The number of aromatic nitrogens is 3. The minimum atomic E-state index is -5.08. The maximum absolute atomic E-state index is 12.8. The first-order valence-corrected chi connectivity index (χ1v) is 16.8. The number of alkyl halides is 6. The molecule has 2 heterocycles. The van der Waals surface area contributed by atoms with E-state index in [0.717, 1.165) is 46.8 Å². The summed E-state index contributed by atoms with van der Waals surface area (Å²) in [5.41, 5.74) is 7.69. The number of aryl methyl sites for hydroxylation is 2. The van der Waals surface area contributed by atoms with Crippen LogP contribution in [0.15, 0.2) is 77.1 Å². The number of halogens is 6. The molecule has 0 bridgehead atoms. The number of amidine groups is 1. The maximum Gasteiger partial charge on any atom is 0.573 e. The molecule has 1 fully saturated rings. The summed E-state index contributed by atoms with van der Waals surface area (Å²) in [6.45, 7) is 6.81. The molecule has 0 unspecified atom stereocenters. The Labute approximate surface area is 309 Å². The summed E-state index contributed by atoms with van der Waals surface area (Å²) in [5.74, 6) is -1.64. The number of methoxy groups -OCH3 is 1. The molecule has 1 aliphatic rings. The van der Waals surface area contributed by atoms with Crippen LogP contribution in [0.4, 0.5) is 32.0 Å². The maximum atomic E-state index is 12.8. The highest BCUT2D eigenvalue weighted by Crippen LogP contribution is 2.30. The van der Waals surface area contributed by atoms with E-state index in [1.54, 1.807) is 13.3 Å². The average Bonchev–Trinajstić information content (AvgIpc) is 3.62. The second-order valence-corrected chi connectivity index (χ2v) is 12.3. The zero-order chi connectivity index (χ0) is 39.5. The Morgan fingerprint density at radius 3 is 2.15 bits per heavy atom.